The smallest absolute Gasteiger partial charge is 0.0838 e. The number of benzene rings is 1. The van der Waals surface area contributed by atoms with Crippen LogP contribution >= 0.6 is 39.1 Å². The first-order valence-corrected chi connectivity index (χ1v) is 7.76. The molecule has 2 N–H and O–H groups in total. The number of rotatable bonds is 5. The Bertz CT molecular complexity index is 605. The van der Waals surface area contributed by atoms with Gasteiger partial charge in [-0.1, -0.05) is 30.1 Å². The number of nitrogens with zero attached hydrogens (tertiary/aromatic N) is 1. The SMILES string of the molecule is CCCNc1cncc(Nc2ccc(Br)c(Cl)c2Cl)c1. The van der Waals surface area contributed by atoms with E-state index in [2.05, 4.69) is 38.5 Å². The van der Waals surface area contributed by atoms with Crippen LogP contribution < -0.4 is 10.6 Å². The Kier molecular flexibility index (Phi) is 5.52. The highest BCUT2D eigenvalue weighted by Crippen LogP contribution is 2.37. The van der Waals surface area contributed by atoms with Gasteiger partial charge in [-0.05, 0) is 40.5 Å². The molecular formula is C14H14BrCl2N3. The van der Waals surface area contributed by atoms with Crippen molar-refractivity contribution in [1.29, 1.82) is 0 Å². The van der Waals surface area contributed by atoms with Crippen molar-refractivity contribution in [3.05, 3.63) is 45.1 Å². The lowest BCUT2D eigenvalue weighted by molar-refractivity contribution is 0.978. The number of anilines is 3. The highest BCUT2D eigenvalue weighted by molar-refractivity contribution is 9.10. The third-order valence-corrected chi connectivity index (χ3v) is 4.40. The molecule has 0 fully saturated rings. The van der Waals surface area contributed by atoms with Crippen molar-refractivity contribution < 1.29 is 0 Å². The van der Waals surface area contributed by atoms with E-state index < -0.39 is 0 Å². The van der Waals surface area contributed by atoms with Crippen LogP contribution in [0.15, 0.2) is 35.1 Å². The minimum Gasteiger partial charge on any atom is -0.384 e. The highest BCUT2D eigenvalue weighted by Gasteiger charge is 2.08. The molecule has 3 nitrogen and oxygen atoms in total. The van der Waals surface area contributed by atoms with Crippen LogP contribution in [0.25, 0.3) is 0 Å². The van der Waals surface area contributed by atoms with Gasteiger partial charge in [-0.25, -0.2) is 0 Å². The van der Waals surface area contributed by atoms with Crippen LogP contribution in [0, 0.1) is 0 Å². The van der Waals surface area contributed by atoms with Crippen LogP contribution in [-0.2, 0) is 0 Å². The number of nitrogens with one attached hydrogen (secondary N) is 2. The zero-order chi connectivity index (χ0) is 14.5. The quantitative estimate of drug-likeness (QED) is 0.657. The summed E-state index contributed by atoms with van der Waals surface area (Å²) in [4.78, 5) is 4.19. The van der Waals surface area contributed by atoms with Crippen molar-refractivity contribution in [1.82, 2.24) is 4.98 Å². The number of halogens is 3. The first-order chi connectivity index (χ1) is 9.61. The molecular weight excluding hydrogens is 361 g/mol. The first-order valence-electron chi connectivity index (χ1n) is 6.21. The second kappa shape index (κ2) is 7.16. The van der Waals surface area contributed by atoms with Crippen molar-refractivity contribution in [2.75, 3.05) is 17.2 Å². The maximum Gasteiger partial charge on any atom is 0.0838 e. The molecule has 0 bridgehead atoms. The summed E-state index contributed by atoms with van der Waals surface area (Å²) in [6.07, 6.45) is 4.59. The Morgan fingerprint density at radius 1 is 1.15 bits per heavy atom. The molecule has 2 rings (SSSR count). The molecule has 0 aliphatic rings. The van der Waals surface area contributed by atoms with Crippen LogP contribution in [0.3, 0.4) is 0 Å². The fraction of sp³-hybridized carbons (Fsp3) is 0.214. The molecule has 2 aromatic rings. The summed E-state index contributed by atoms with van der Waals surface area (Å²) >= 11 is 15.7. The third kappa shape index (κ3) is 3.78. The van der Waals surface area contributed by atoms with Crippen LogP contribution in [-0.4, -0.2) is 11.5 Å². The van der Waals surface area contributed by atoms with Crippen molar-refractivity contribution >= 4 is 56.2 Å². The van der Waals surface area contributed by atoms with Gasteiger partial charge >= 0.3 is 0 Å². The van der Waals surface area contributed by atoms with E-state index in [1.54, 1.807) is 12.4 Å². The van der Waals surface area contributed by atoms with E-state index in [1.165, 1.54) is 0 Å². The summed E-state index contributed by atoms with van der Waals surface area (Å²) in [5, 5.41) is 7.47. The molecule has 106 valence electrons. The van der Waals surface area contributed by atoms with E-state index in [9.17, 15) is 0 Å². The zero-order valence-corrected chi connectivity index (χ0v) is 14.0. The molecule has 0 amide bonds. The van der Waals surface area contributed by atoms with Crippen molar-refractivity contribution in [2.45, 2.75) is 13.3 Å². The van der Waals surface area contributed by atoms with Gasteiger partial charge in [0.25, 0.3) is 0 Å². The lowest BCUT2D eigenvalue weighted by Crippen LogP contribution is -2.01. The van der Waals surface area contributed by atoms with Crippen LogP contribution in [0.4, 0.5) is 17.1 Å². The highest BCUT2D eigenvalue weighted by atomic mass is 79.9. The van der Waals surface area contributed by atoms with E-state index in [1.807, 2.05) is 18.2 Å². The summed E-state index contributed by atoms with van der Waals surface area (Å²) in [6, 6.07) is 5.70. The van der Waals surface area contributed by atoms with Crippen LogP contribution in [0.2, 0.25) is 10.0 Å². The predicted octanol–water partition coefficient (Wildman–Crippen LogP) is 5.72. The van der Waals surface area contributed by atoms with Crippen LogP contribution in [0.1, 0.15) is 13.3 Å². The van der Waals surface area contributed by atoms with Crippen molar-refractivity contribution in [2.24, 2.45) is 0 Å². The van der Waals surface area contributed by atoms with Gasteiger partial charge in [0.15, 0.2) is 0 Å². The van der Waals surface area contributed by atoms with Crippen LogP contribution in [0.5, 0.6) is 0 Å². The molecule has 1 heterocycles. The van der Waals surface area contributed by atoms with E-state index in [4.69, 9.17) is 23.2 Å². The fourth-order valence-electron chi connectivity index (χ4n) is 1.65. The largest absolute Gasteiger partial charge is 0.384 e. The average molecular weight is 375 g/mol. The molecule has 0 radical (unpaired) electrons. The Morgan fingerprint density at radius 2 is 1.90 bits per heavy atom. The van der Waals surface area contributed by atoms with Gasteiger partial charge in [-0.2, -0.15) is 0 Å². The molecule has 20 heavy (non-hydrogen) atoms. The molecule has 0 aliphatic carbocycles. The lowest BCUT2D eigenvalue weighted by atomic mass is 10.3. The maximum atomic E-state index is 6.21. The van der Waals surface area contributed by atoms with Crippen molar-refractivity contribution in [3.63, 3.8) is 0 Å². The monoisotopic (exact) mass is 373 g/mol. The molecule has 1 aromatic carbocycles. The molecule has 0 unspecified atom stereocenters. The number of aromatic nitrogens is 1. The van der Waals surface area contributed by atoms with Gasteiger partial charge in [-0.3, -0.25) is 4.98 Å². The standard InChI is InChI=1S/C14H14BrCl2N3/c1-2-5-19-9-6-10(8-18-7-9)20-12-4-3-11(15)13(16)14(12)17/h3-4,6-8,19-20H,2,5H2,1H3. The van der Waals surface area contributed by atoms with Gasteiger partial charge in [-0.15, -0.1) is 0 Å². The van der Waals surface area contributed by atoms with Gasteiger partial charge in [0.2, 0.25) is 0 Å². The number of hydrogen-bond donors (Lipinski definition) is 2. The number of hydrogen-bond acceptors (Lipinski definition) is 3. The second-order valence-electron chi connectivity index (χ2n) is 4.24. The van der Waals surface area contributed by atoms with Gasteiger partial charge < -0.3 is 10.6 Å². The van der Waals surface area contributed by atoms with Crippen molar-refractivity contribution in [3.8, 4) is 0 Å². The lowest BCUT2D eigenvalue weighted by Gasteiger charge is -2.11. The maximum absolute atomic E-state index is 6.21. The number of pyridine rings is 1. The van der Waals surface area contributed by atoms with E-state index in [0.717, 1.165) is 34.5 Å². The Labute approximate surface area is 136 Å². The zero-order valence-electron chi connectivity index (χ0n) is 10.9. The summed E-state index contributed by atoms with van der Waals surface area (Å²) in [5.41, 5.74) is 2.57. The fourth-order valence-corrected chi connectivity index (χ4v) is 2.47. The molecule has 0 saturated heterocycles. The van der Waals surface area contributed by atoms with E-state index >= 15 is 0 Å². The molecule has 1 aromatic heterocycles. The normalized spacial score (nSPS) is 10.4. The average Bonchev–Trinajstić information content (AvgIpc) is 2.46. The van der Waals surface area contributed by atoms with E-state index in [-0.39, 0.29) is 0 Å². The minimum absolute atomic E-state index is 0.480. The Balaban J connectivity index is 2.20. The molecule has 0 spiro atoms. The van der Waals surface area contributed by atoms with Gasteiger partial charge in [0.1, 0.15) is 0 Å². The van der Waals surface area contributed by atoms with E-state index in [0.29, 0.717) is 10.0 Å². The molecule has 0 saturated carbocycles. The second-order valence-corrected chi connectivity index (χ2v) is 5.85. The predicted molar refractivity (Wildman–Crippen MR) is 90.5 cm³/mol. The Morgan fingerprint density at radius 3 is 2.65 bits per heavy atom. The van der Waals surface area contributed by atoms with Gasteiger partial charge in [0.05, 0.1) is 39.5 Å². The Hall–Kier alpha value is -0.970. The summed E-state index contributed by atoms with van der Waals surface area (Å²) < 4.78 is 0.770. The summed E-state index contributed by atoms with van der Waals surface area (Å²) in [7, 11) is 0. The summed E-state index contributed by atoms with van der Waals surface area (Å²) in [5.74, 6) is 0. The minimum atomic E-state index is 0.480. The third-order valence-electron chi connectivity index (χ3n) is 2.63. The molecule has 0 atom stereocenters. The summed E-state index contributed by atoms with van der Waals surface area (Å²) in [6.45, 7) is 3.03. The molecule has 0 aliphatic heterocycles. The first kappa shape index (κ1) is 15.4. The molecule has 6 heteroatoms. The van der Waals surface area contributed by atoms with Gasteiger partial charge in [0, 0.05) is 11.0 Å². The topological polar surface area (TPSA) is 37.0 Å².